The Kier molecular flexibility index (Phi) is 6.72. The molecular weight excluding hydrogens is 464 g/mol. The van der Waals surface area contributed by atoms with E-state index in [9.17, 15) is 9.59 Å². The fourth-order valence-corrected chi connectivity index (χ4v) is 4.45. The number of hydrogen-bond donors (Lipinski definition) is 1. The van der Waals surface area contributed by atoms with E-state index in [-0.39, 0.29) is 0 Å². The zero-order chi connectivity index (χ0) is 25.8. The van der Waals surface area contributed by atoms with Gasteiger partial charge in [0, 0.05) is 24.7 Å². The average Bonchev–Trinajstić information content (AvgIpc) is 2.93. The third-order valence-electron chi connectivity index (χ3n) is 6.19. The summed E-state index contributed by atoms with van der Waals surface area (Å²) >= 11 is 0. The first-order valence-corrected chi connectivity index (χ1v) is 11.9. The van der Waals surface area contributed by atoms with Crippen LogP contribution in [0, 0.1) is 0 Å². The summed E-state index contributed by atoms with van der Waals surface area (Å²) in [5.74, 6) is 0.878. The van der Waals surface area contributed by atoms with E-state index >= 15 is 0 Å². The topological polar surface area (TPSA) is 67.9 Å². The van der Waals surface area contributed by atoms with Gasteiger partial charge in [-0.05, 0) is 59.2 Å². The number of hydrogen-bond acceptors (Lipinski definition) is 5. The van der Waals surface area contributed by atoms with Crippen molar-refractivity contribution in [2.45, 2.75) is 6.54 Å². The number of para-hydroxylation sites is 1. The van der Waals surface area contributed by atoms with Gasteiger partial charge < -0.3 is 14.4 Å². The zero-order valence-corrected chi connectivity index (χ0v) is 20.6. The Morgan fingerprint density at radius 3 is 2.19 bits per heavy atom. The molecule has 1 aliphatic rings. The van der Waals surface area contributed by atoms with Gasteiger partial charge in [-0.3, -0.25) is 14.9 Å². The molecule has 184 valence electrons. The second-order valence-corrected chi connectivity index (χ2v) is 8.69. The Morgan fingerprint density at radius 2 is 1.46 bits per heavy atom. The maximum absolute atomic E-state index is 13.6. The number of amides is 2. The van der Waals surface area contributed by atoms with Crippen LogP contribution in [0.15, 0.2) is 109 Å². The van der Waals surface area contributed by atoms with Gasteiger partial charge in [-0.2, -0.15) is 0 Å². The molecule has 0 aliphatic carbocycles. The first-order chi connectivity index (χ1) is 18.0. The van der Waals surface area contributed by atoms with Crippen molar-refractivity contribution in [2.24, 2.45) is 0 Å². The lowest BCUT2D eigenvalue weighted by molar-refractivity contribution is -0.118. The molecule has 0 atom stereocenters. The molecule has 0 spiro atoms. The van der Waals surface area contributed by atoms with Crippen molar-refractivity contribution in [3.05, 3.63) is 131 Å². The molecule has 6 nitrogen and oxygen atoms in total. The van der Waals surface area contributed by atoms with Gasteiger partial charge >= 0.3 is 0 Å². The molecule has 5 rings (SSSR count). The maximum Gasteiger partial charge on any atom is 0.275 e. The molecule has 0 unspecified atom stereocenters. The van der Waals surface area contributed by atoms with Crippen LogP contribution in [0.2, 0.25) is 0 Å². The highest BCUT2D eigenvalue weighted by atomic mass is 16.5. The third kappa shape index (κ3) is 5.09. The molecule has 1 heterocycles. The number of methoxy groups -OCH3 is 1. The molecule has 6 heteroatoms. The van der Waals surface area contributed by atoms with Crippen LogP contribution in [-0.2, 0) is 11.3 Å². The van der Waals surface area contributed by atoms with Crippen molar-refractivity contribution < 1.29 is 19.1 Å². The van der Waals surface area contributed by atoms with Gasteiger partial charge in [0.1, 0.15) is 22.9 Å². The van der Waals surface area contributed by atoms with E-state index in [4.69, 9.17) is 9.47 Å². The molecule has 0 saturated heterocycles. The summed E-state index contributed by atoms with van der Waals surface area (Å²) in [5.41, 5.74) is 4.32. The van der Waals surface area contributed by atoms with Crippen LogP contribution < -0.4 is 14.8 Å². The van der Waals surface area contributed by atoms with Gasteiger partial charge in [-0.15, -0.1) is 0 Å². The second kappa shape index (κ2) is 10.4. The minimum absolute atomic E-state index is 0.323. The van der Waals surface area contributed by atoms with Crippen LogP contribution in [0.3, 0.4) is 0 Å². The summed E-state index contributed by atoms with van der Waals surface area (Å²) in [6.07, 6.45) is 0. The van der Waals surface area contributed by atoms with Crippen LogP contribution in [-0.4, -0.2) is 30.9 Å². The number of carbonyl (C=O) groups is 2. The Hall–Kier alpha value is -4.84. The summed E-state index contributed by atoms with van der Waals surface area (Å²) in [4.78, 5) is 28.6. The number of rotatable bonds is 6. The van der Waals surface area contributed by atoms with Gasteiger partial charge in [0.2, 0.25) is 0 Å². The summed E-state index contributed by atoms with van der Waals surface area (Å²) in [6, 6.07) is 31.6. The van der Waals surface area contributed by atoms with Gasteiger partial charge in [-0.25, -0.2) is 0 Å². The van der Waals surface area contributed by atoms with Crippen molar-refractivity contribution >= 4 is 17.4 Å². The minimum atomic E-state index is -0.506. The van der Waals surface area contributed by atoms with Crippen molar-refractivity contribution in [1.29, 1.82) is 0 Å². The largest absolute Gasteiger partial charge is 0.497 e. The Labute approximate surface area is 215 Å². The lowest BCUT2D eigenvalue weighted by Crippen LogP contribution is -2.39. The maximum atomic E-state index is 13.6. The van der Waals surface area contributed by atoms with E-state index < -0.39 is 11.8 Å². The summed E-state index contributed by atoms with van der Waals surface area (Å²) < 4.78 is 11.3. The average molecular weight is 491 g/mol. The van der Waals surface area contributed by atoms with Crippen LogP contribution in [0.25, 0.3) is 5.57 Å². The summed E-state index contributed by atoms with van der Waals surface area (Å²) in [7, 11) is 3.47. The number of fused-ring (bicyclic) bond motifs is 1. The fourth-order valence-electron chi connectivity index (χ4n) is 4.45. The number of benzene rings is 4. The molecule has 0 radical (unpaired) electrons. The zero-order valence-electron chi connectivity index (χ0n) is 20.6. The molecular formula is C31H26N2O4. The molecule has 0 bridgehead atoms. The van der Waals surface area contributed by atoms with Gasteiger partial charge in [-0.1, -0.05) is 60.7 Å². The number of ether oxygens (including phenoxy) is 2. The number of likely N-dealkylation sites (N-methyl/N-ethyl adjacent to an activating group) is 1. The van der Waals surface area contributed by atoms with Crippen LogP contribution in [0.5, 0.6) is 17.2 Å². The van der Waals surface area contributed by atoms with E-state index in [0.717, 1.165) is 22.3 Å². The van der Waals surface area contributed by atoms with Gasteiger partial charge in [0.25, 0.3) is 11.8 Å². The first-order valence-electron chi connectivity index (χ1n) is 11.9. The van der Waals surface area contributed by atoms with Crippen molar-refractivity contribution in [2.75, 3.05) is 14.2 Å². The van der Waals surface area contributed by atoms with Crippen LogP contribution in [0.4, 0.5) is 0 Å². The first kappa shape index (κ1) is 23.9. The third-order valence-corrected chi connectivity index (χ3v) is 6.19. The molecule has 37 heavy (non-hydrogen) atoms. The molecule has 0 fully saturated rings. The number of imide groups is 1. The highest BCUT2D eigenvalue weighted by molar-refractivity contribution is 6.14. The molecule has 0 aromatic heterocycles. The second-order valence-electron chi connectivity index (χ2n) is 8.69. The Balaban J connectivity index is 1.48. The molecule has 1 aliphatic heterocycles. The predicted octanol–water partition coefficient (Wildman–Crippen LogP) is 5.65. The van der Waals surface area contributed by atoms with E-state index in [2.05, 4.69) is 5.32 Å². The quantitative estimate of drug-likeness (QED) is 0.354. The highest BCUT2D eigenvalue weighted by Crippen LogP contribution is 2.37. The smallest absolute Gasteiger partial charge is 0.275 e. The normalized spacial score (nSPS) is 12.5. The fraction of sp³-hybridized carbons (Fsp3) is 0.0968. The van der Waals surface area contributed by atoms with Gasteiger partial charge in [0.15, 0.2) is 0 Å². The number of nitrogens with one attached hydrogen (secondary N) is 1. The van der Waals surface area contributed by atoms with Crippen LogP contribution in [0.1, 0.15) is 27.0 Å². The summed E-state index contributed by atoms with van der Waals surface area (Å²) in [5, 5.41) is 2.58. The van der Waals surface area contributed by atoms with E-state index in [1.165, 1.54) is 0 Å². The Morgan fingerprint density at radius 1 is 0.757 bits per heavy atom. The lowest BCUT2D eigenvalue weighted by atomic mass is 9.88. The minimum Gasteiger partial charge on any atom is -0.497 e. The lowest BCUT2D eigenvalue weighted by Gasteiger charge is -2.32. The molecule has 4 aromatic rings. The summed E-state index contributed by atoms with van der Waals surface area (Å²) in [6.45, 7) is 0.521. The van der Waals surface area contributed by atoms with Crippen LogP contribution >= 0.6 is 0 Å². The molecule has 0 saturated carbocycles. The molecule has 2 amide bonds. The van der Waals surface area contributed by atoms with E-state index in [0.29, 0.717) is 35.1 Å². The number of nitrogens with zero attached hydrogens (tertiary/aromatic N) is 1. The molecule has 1 N–H and O–H groups in total. The Bertz CT molecular complexity index is 1480. The van der Waals surface area contributed by atoms with Gasteiger partial charge in [0.05, 0.1) is 7.11 Å². The standard InChI is InChI=1S/C31H26N2O4/c1-33-20-23-16-17-25(36-2)19-27(23)28(21-10-5-3-6-11-21)29(33)31(35)32-30(34)22-12-9-15-26(18-22)37-24-13-7-4-8-14-24/h3-19H,20H2,1-2H3,(H,32,34,35). The molecule has 4 aromatic carbocycles. The van der Waals surface area contributed by atoms with Crippen molar-refractivity contribution in [3.8, 4) is 17.2 Å². The highest BCUT2D eigenvalue weighted by Gasteiger charge is 2.30. The van der Waals surface area contributed by atoms with Crippen molar-refractivity contribution in [3.63, 3.8) is 0 Å². The monoisotopic (exact) mass is 490 g/mol. The predicted molar refractivity (Wildman–Crippen MR) is 142 cm³/mol. The SMILES string of the molecule is COc1ccc2c(c1)C(c1ccccc1)=C(C(=O)NC(=O)c1cccc(Oc3ccccc3)c1)N(C)C2. The van der Waals surface area contributed by atoms with E-state index in [1.54, 1.807) is 31.4 Å². The van der Waals surface area contributed by atoms with E-state index in [1.807, 2.05) is 90.8 Å². The number of carbonyl (C=O) groups excluding carboxylic acids is 2. The van der Waals surface area contributed by atoms with Crippen molar-refractivity contribution in [1.82, 2.24) is 10.2 Å².